The molecule has 2 aliphatic heterocycles. The minimum atomic E-state index is -0.0648. The molecule has 6 nitrogen and oxygen atoms in total. The number of amides is 2. The van der Waals surface area contributed by atoms with Crippen molar-refractivity contribution in [3.63, 3.8) is 0 Å². The highest BCUT2D eigenvalue weighted by atomic mass is 16.5. The molecule has 2 amide bonds. The van der Waals surface area contributed by atoms with Crippen LogP contribution in [-0.2, 0) is 4.74 Å². The van der Waals surface area contributed by atoms with Gasteiger partial charge >= 0.3 is 6.03 Å². The molecule has 1 aromatic carbocycles. The first-order valence-electron chi connectivity index (χ1n) is 9.89. The lowest BCUT2D eigenvalue weighted by molar-refractivity contribution is 0.0795. The smallest absolute Gasteiger partial charge is 0.315 e. The van der Waals surface area contributed by atoms with Crippen molar-refractivity contribution in [2.24, 2.45) is 0 Å². The van der Waals surface area contributed by atoms with Crippen molar-refractivity contribution < 1.29 is 9.53 Å². The average molecular weight is 361 g/mol. The monoisotopic (exact) mass is 360 g/mol. The molecule has 26 heavy (non-hydrogen) atoms. The maximum Gasteiger partial charge on any atom is 0.315 e. The highest BCUT2D eigenvalue weighted by Gasteiger charge is 2.25. The van der Waals surface area contributed by atoms with E-state index in [1.165, 1.54) is 5.56 Å². The Morgan fingerprint density at radius 2 is 1.85 bits per heavy atom. The zero-order valence-electron chi connectivity index (χ0n) is 15.8. The number of likely N-dealkylation sites (N-methyl/N-ethyl adjacent to an activating group) is 1. The van der Waals surface area contributed by atoms with E-state index in [1.54, 1.807) is 0 Å². The summed E-state index contributed by atoms with van der Waals surface area (Å²) in [5.74, 6) is 0. The molecule has 2 saturated heterocycles. The summed E-state index contributed by atoms with van der Waals surface area (Å²) in [4.78, 5) is 17.3. The van der Waals surface area contributed by atoms with Crippen molar-refractivity contribution in [2.75, 3.05) is 52.5 Å². The van der Waals surface area contributed by atoms with Crippen LogP contribution in [0.2, 0.25) is 0 Å². The third kappa shape index (κ3) is 5.43. The second-order valence-electron chi connectivity index (χ2n) is 7.14. The van der Waals surface area contributed by atoms with Crippen LogP contribution in [0.4, 0.5) is 4.79 Å². The Morgan fingerprint density at radius 1 is 1.15 bits per heavy atom. The standard InChI is InChI=1S/C20H32N4O2/c1-2-23-10-12-24(13-11-23)19(17-6-4-3-5-7-17)16-21-20(25)22-18-8-14-26-15-9-18/h3-7,18-19H,2,8-16H2,1H3,(H2,21,22,25). The van der Waals surface area contributed by atoms with Gasteiger partial charge in [-0.1, -0.05) is 37.3 Å². The van der Waals surface area contributed by atoms with Crippen molar-refractivity contribution in [3.05, 3.63) is 35.9 Å². The largest absolute Gasteiger partial charge is 0.381 e. The van der Waals surface area contributed by atoms with Crippen molar-refractivity contribution in [3.8, 4) is 0 Å². The molecule has 0 bridgehead atoms. The molecule has 0 radical (unpaired) electrons. The van der Waals surface area contributed by atoms with Crippen LogP contribution < -0.4 is 10.6 Å². The third-order valence-electron chi connectivity index (χ3n) is 5.49. The number of hydrogen-bond acceptors (Lipinski definition) is 4. The highest BCUT2D eigenvalue weighted by Crippen LogP contribution is 2.21. The van der Waals surface area contributed by atoms with Crippen LogP contribution in [0.15, 0.2) is 30.3 Å². The number of urea groups is 1. The van der Waals surface area contributed by atoms with E-state index in [0.29, 0.717) is 6.54 Å². The molecule has 1 atom stereocenters. The Bertz CT molecular complexity index is 540. The normalized spacial score (nSPS) is 21.3. The van der Waals surface area contributed by atoms with Gasteiger partial charge in [0.05, 0.1) is 6.04 Å². The first kappa shape index (κ1) is 19.1. The summed E-state index contributed by atoms with van der Waals surface area (Å²) in [6.07, 6.45) is 1.79. The van der Waals surface area contributed by atoms with Gasteiger partial charge in [0, 0.05) is 52.0 Å². The van der Waals surface area contributed by atoms with Crippen LogP contribution in [-0.4, -0.2) is 74.4 Å². The van der Waals surface area contributed by atoms with Crippen LogP contribution in [0.25, 0.3) is 0 Å². The van der Waals surface area contributed by atoms with Gasteiger partial charge in [0.2, 0.25) is 0 Å². The first-order valence-corrected chi connectivity index (χ1v) is 9.89. The van der Waals surface area contributed by atoms with Crippen LogP contribution in [0.3, 0.4) is 0 Å². The molecule has 2 heterocycles. The Labute approximate surface area is 156 Å². The number of hydrogen-bond donors (Lipinski definition) is 2. The lowest BCUT2D eigenvalue weighted by Crippen LogP contribution is -2.51. The molecule has 0 aromatic heterocycles. The summed E-state index contributed by atoms with van der Waals surface area (Å²) >= 11 is 0. The summed E-state index contributed by atoms with van der Waals surface area (Å²) in [5, 5.41) is 6.19. The maximum absolute atomic E-state index is 12.3. The van der Waals surface area contributed by atoms with E-state index in [9.17, 15) is 4.79 Å². The predicted molar refractivity (Wildman–Crippen MR) is 103 cm³/mol. The Balaban J connectivity index is 1.56. The summed E-state index contributed by atoms with van der Waals surface area (Å²) in [6, 6.07) is 10.9. The SMILES string of the molecule is CCN1CCN(C(CNC(=O)NC2CCOCC2)c2ccccc2)CC1. The molecule has 2 N–H and O–H groups in total. The van der Waals surface area contributed by atoms with Crippen LogP contribution in [0, 0.1) is 0 Å². The third-order valence-corrected chi connectivity index (χ3v) is 5.49. The van der Waals surface area contributed by atoms with Gasteiger partial charge in [-0.05, 0) is 24.9 Å². The van der Waals surface area contributed by atoms with E-state index in [4.69, 9.17) is 4.74 Å². The average Bonchev–Trinajstić information content (AvgIpc) is 2.70. The van der Waals surface area contributed by atoms with Gasteiger partial charge in [0.15, 0.2) is 0 Å². The second-order valence-corrected chi connectivity index (χ2v) is 7.14. The van der Waals surface area contributed by atoms with Gasteiger partial charge < -0.3 is 20.3 Å². The molecule has 3 rings (SSSR count). The zero-order valence-corrected chi connectivity index (χ0v) is 15.8. The first-order chi connectivity index (χ1) is 12.8. The van der Waals surface area contributed by atoms with Crippen molar-refractivity contribution in [1.82, 2.24) is 20.4 Å². The molecule has 144 valence electrons. The fraction of sp³-hybridized carbons (Fsp3) is 0.650. The van der Waals surface area contributed by atoms with E-state index in [0.717, 1.165) is 58.8 Å². The van der Waals surface area contributed by atoms with Crippen LogP contribution >= 0.6 is 0 Å². The van der Waals surface area contributed by atoms with E-state index in [2.05, 4.69) is 51.6 Å². The number of benzene rings is 1. The molecular formula is C20H32N4O2. The van der Waals surface area contributed by atoms with Crippen molar-refractivity contribution in [2.45, 2.75) is 31.8 Å². The lowest BCUT2D eigenvalue weighted by Gasteiger charge is -2.39. The van der Waals surface area contributed by atoms with Gasteiger partial charge in [-0.25, -0.2) is 4.79 Å². The number of carbonyl (C=O) groups is 1. The summed E-state index contributed by atoms with van der Waals surface area (Å²) < 4.78 is 5.35. The Morgan fingerprint density at radius 3 is 2.50 bits per heavy atom. The molecule has 1 unspecified atom stereocenters. The second kappa shape index (κ2) is 9.90. The van der Waals surface area contributed by atoms with Crippen molar-refractivity contribution >= 4 is 6.03 Å². The lowest BCUT2D eigenvalue weighted by atomic mass is 10.0. The minimum absolute atomic E-state index is 0.0648. The highest BCUT2D eigenvalue weighted by molar-refractivity contribution is 5.74. The quantitative estimate of drug-likeness (QED) is 0.813. The molecular weight excluding hydrogens is 328 g/mol. The number of nitrogens with one attached hydrogen (secondary N) is 2. The minimum Gasteiger partial charge on any atom is -0.381 e. The van der Waals surface area contributed by atoms with E-state index >= 15 is 0 Å². The summed E-state index contributed by atoms with van der Waals surface area (Å²) in [6.45, 7) is 9.68. The number of rotatable bonds is 6. The zero-order chi connectivity index (χ0) is 18.2. The Kier molecular flexibility index (Phi) is 7.29. The topological polar surface area (TPSA) is 56.8 Å². The maximum atomic E-state index is 12.3. The van der Waals surface area contributed by atoms with Gasteiger partial charge in [-0.15, -0.1) is 0 Å². The van der Waals surface area contributed by atoms with E-state index in [-0.39, 0.29) is 18.1 Å². The molecule has 0 aliphatic carbocycles. The van der Waals surface area contributed by atoms with Crippen LogP contribution in [0.1, 0.15) is 31.4 Å². The molecule has 1 aromatic rings. The molecule has 2 aliphatic rings. The number of carbonyl (C=O) groups excluding carboxylic acids is 1. The fourth-order valence-corrected chi connectivity index (χ4v) is 3.79. The summed E-state index contributed by atoms with van der Waals surface area (Å²) in [5.41, 5.74) is 1.27. The number of ether oxygens (including phenoxy) is 1. The predicted octanol–water partition coefficient (Wildman–Crippen LogP) is 1.84. The van der Waals surface area contributed by atoms with Gasteiger partial charge in [0.25, 0.3) is 0 Å². The van der Waals surface area contributed by atoms with Gasteiger partial charge in [0.1, 0.15) is 0 Å². The van der Waals surface area contributed by atoms with E-state index in [1.807, 2.05) is 6.07 Å². The van der Waals surface area contributed by atoms with E-state index < -0.39 is 0 Å². The van der Waals surface area contributed by atoms with Crippen LogP contribution in [0.5, 0.6) is 0 Å². The number of piperazine rings is 1. The fourth-order valence-electron chi connectivity index (χ4n) is 3.79. The number of nitrogens with zero attached hydrogens (tertiary/aromatic N) is 2. The summed E-state index contributed by atoms with van der Waals surface area (Å²) in [7, 11) is 0. The molecule has 6 heteroatoms. The molecule has 0 saturated carbocycles. The molecule has 0 spiro atoms. The van der Waals surface area contributed by atoms with Crippen molar-refractivity contribution in [1.29, 1.82) is 0 Å². The molecule has 2 fully saturated rings. The van der Waals surface area contributed by atoms with Gasteiger partial charge in [-0.2, -0.15) is 0 Å². The Hall–Kier alpha value is -1.63. The van der Waals surface area contributed by atoms with Gasteiger partial charge in [-0.3, -0.25) is 4.90 Å².